The Balaban J connectivity index is 2.16. The fourth-order valence-corrected chi connectivity index (χ4v) is 2.65. The summed E-state index contributed by atoms with van der Waals surface area (Å²) in [6, 6.07) is 0. The average Bonchev–Trinajstić information content (AvgIpc) is 3.07. The molecule has 0 aliphatic rings. The predicted octanol–water partition coefficient (Wildman–Crippen LogP) is 2.08. The molecule has 0 spiro atoms. The SMILES string of the molecule is COc1ncnc2c1nc(CCl)n2Cc1nccs1. The van der Waals surface area contributed by atoms with Crippen LogP contribution in [0.2, 0.25) is 0 Å². The van der Waals surface area contributed by atoms with Crippen LogP contribution < -0.4 is 4.74 Å². The van der Waals surface area contributed by atoms with E-state index < -0.39 is 0 Å². The molecule has 3 rings (SSSR count). The van der Waals surface area contributed by atoms with E-state index in [1.807, 2.05) is 9.95 Å². The molecule has 0 atom stereocenters. The molecule has 3 aromatic heterocycles. The second-order valence-electron chi connectivity index (χ2n) is 3.73. The van der Waals surface area contributed by atoms with Gasteiger partial charge in [-0.1, -0.05) is 0 Å². The molecular weight excluding hydrogens is 286 g/mol. The van der Waals surface area contributed by atoms with E-state index in [1.54, 1.807) is 24.6 Å². The van der Waals surface area contributed by atoms with Gasteiger partial charge in [-0.05, 0) is 0 Å². The van der Waals surface area contributed by atoms with Crippen molar-refractivity contribution in [2.24, 2.45) is 0 Å². The van der Waals surface area contributed by atoms with E-state index in [0.29, 0.717) is 29.5 Å². The third kappa shape index (κ3) is 2.15. The van der Waals surface area contributed by atoms with Gasteiger partial charge in [0.15, 0.2) is 11.2 Å². The first-order valence-corrected chi connectivity index (χ1v) is 6.93. The van der Waals surface area contributed by atoms with Crippen molar-refractivity contribution < 1.29 is 4.74 Å². The molecule has 19 heavy (non-hydrogen) atoms. The molecule has 0 amide bonds. The van der Waals surface area contributed by atoms with Gasteiger partial charge in [0, 0.05) is 11.6 Å². The topological polar surface area (TPSA) is 65.7 Å². The van der Waals surface area contributed by atoms with Crippen molar-refractivity contribution in [1.82, 2.24) is 24.5 Å². The molecule has 98 valence electrons. The predicted molar refractivity (Wildman–Crippen MR) is 72.6 cm³/mol. The van der Waals surface area contributed by atoms with Crippen molar-refractivity contribution in [2.75, 3.05) is 7.11 Å². The molecule has 0 saturated heterocycles. The summed E-state index contributed by atoms with van der Waals surface area (Å²) >= 11 is 7.53. The van der Waals surface area contributed by atoms with Crippen molar-refractivity contribution in [3.8, 4) is 5.88 Å². The molecule has 0 radical (unpaired) electrons. The van der Waals surface area contributed by atoms with Gasteiger partial charge in [0.05, 0.1) is 19.5 Å². The van der Waals surface area contributed by atoms with Gasteiger partial charge in [-0.15, -0.1) is 22.9 Å². The zero-order chi connectivity index (χ0) is 13.2. The summed E-state index contributed by atoms with van der Waals surface area (Å²) < 4.78 is 7.13. The fourth-order valence-electron chi connectivity index (χ4n) is 1.84. The van der Waals surface area contributed by atoms with Gasteiger partial charge in [0.25, 0.3) is 0 Å². The lowest BCUT2D eigenvalue weighted by atomic mass is 10.5. The normalized spacial score (nSPS) is 11.1. The van der Waals surface area contributed by atoms with Crippen LogP contribution in [-0.2, 0) is 12.4 Å². The summed E-state index contributed by atoms with van der Waals surface area (Å²) in [5, 5.41) is 2.91. The Bertz CT molecular complexity index is 696. The minimum Gasteiger partial charge on any atom is -0.479 e. The van der Waals surface area contributed by atoms with Gasteiger partial charge < -0.3 is 9.30 Å². The first kappa shape index (κ1) is 12.3. The lowest BCUT2D eigenvalue weighted by molar-refractivity contribution is 0.401. The van der Waals surface area contributed by atoms with Crippen molar-refractivity contribution >= 4 is 34.1 Å². The van der Waals surface area contributed by atoms with E-state index in [9.17, 15) is 0 Å². The van der Waals surface area contributed by atoms with E-state index in [1.165, 1.54) is 6.33 Å². The van der Waals surface area contributed by atoms with Crippen LogP contribution in [0, 0.1) is 0 Å². The fraction of sp³-hybridized carbons (Fsp3) is 0.273. The lowest BCUT2D eigenvalue weighted by Gasteiger charge is -2.04. The maximum Gasteiger partial charge on any atom is 0.245 e. The zero-order valence-electron chi connectivity index (χ0n) is 10.1. The second-order valence-corrected chi connectivity index (χ2v) is 4.98. The highest BCUT2D eigenvalue weighted by molar-refractivity contribution is 7.09. The molecule has 0 aromatic carbocycles. The van der Waals surface area contributed by atoms with Crippen LogP contribution >= 0.6 is 22.9 Å². The number of rotatable bonds is 4. The van der Waals surface area contributed by atoms with Gasteiger partial charge >= 0.3 is 0 Å². The van der Waals surface area contributed by atoms with E-state index in [0.717, 1.165) is 10.8 Å². The highest BCUT2D eigenvalue weighted by Gasteiger charge is 2.16. The van der Waals surface area contributed by atoms with Gasteiger partial charge in [-0.2, -0.15) is 4.98 Å². The smallest absolute Gasteiger partial charge is 0.245 e. The van der Waals surface area contributed by atoms with Gasteiger partial charge in [0.2, 0.25) is 5.88 Å². The van der Waals surface area contributed by atoms with E-state index >= 15 is 0 Å². The Hall–Kier alpha value is -1.73. The monoisotopic (exact) mass is 295 g/mol. The molecule has 0 aliphatic carbocycles. The van der Waals surface area contributed by atoms with Gasteiger partial charge in [-0.25, -0.2) is 15.0 Å². The number of hydrogen-bond donors (Lipinski definition) is 0. The molecule has 0 fully saturated rings. The number of nitrogens with zero attached hydrogens (tertiary/aromatic N) is 5. The van der Waals surface area contributed by atoms with Crippen molar-refractivity contribution in [2.45, 2.75) is 12.4 Å². The van der Waals surface area contributed by atoms with Crippen molar-refractivity contribution in [3.05, 3.63) is 28.7 Å². The Morgan fingerprint density at radius 3 is 2.95 bits per heavy atom. The summed E-state index contributed by atoms with van der Waals surface area (Å²) in [6.07, 6.45) is 3.23. The molecule has 0 unspecified atom stereocenters. The Morgan fingerprint density at radius 1 is 1.37 bits per heavy atom. The average molecular weight is 296 g/mol. The minimum absolute atomic E-state index is 0.297. The number of hydrogen-bond acceptors (Lipinski definition) is 6. The van der Waals surface area contributed by atoms with Crippen LogP contribution in [0.5, 0.6) is 5.88 Å². The number of imidazole rings is 1. The number of thiazole rings is 1. The molecule has 0 N–H and O–H groups in total. The quantitative estimate of drug-likeness (QED) is 0.690. The Labute approximate surface area is 118 Å². The number of halogens is 1. The minimum atomic E-state index is 0.297. The van der Waals surface area contributed by atoms with Crippen molar-refractivity contribution in [1.29, 1.82) is 0 Å². The highest BCUT2D eigenvalue weighted by Crippen LogP contribution is 2.23. The molecule has 0 bridgehead atoms. The van der Waals surface area contributed by atoms with Gasteiger partial charge in [0.1, 0.15) is 17.2 Å². The molecular formula is C11H10ClN5OS. The van der Waals surface area contributed by atoms with Crippen LogP contribution in [0.15, 0.2) is 17.9 Å². The summed E-state index contributed by atoms with van der Waals surface area (Å²) in [5.74, 6) is 1.48. The number of fused-ring (bicyclic) bond motifs is 1. The maximum atomic E-state index is 5.95. The van der Waals surface area contributed by atoms with Crippen LogP contribution in [0.3, 0.4) is 0 Å². The van der Waals surface area contributed by atoms with Gasteiger partial charge in [-0.3, -0.25) is 0 Å². The van der Waals surface area contributed by atoms with E-state index in [4.69, 9.17) is 16.3 Å². The molecule has 0 aliphatic heterocycles. The van der Waals surface area contributed by atoms with Crippen LogP contribution in [0.1, 0.15) is 10.8 Å². The molecule has 0 saturated carbocycles. The summed E-state index contributed by atoms with van der Waals surface area (Å²) in [5.41, 5.74) is 1.33. The van der Waals surface area contributed by atoms with E-state index in [-0.39, 0.29) is 0 Å². The van der Waals surface area contributed by atoms with Crippen LogP contribution in [0.4, 0.5) is 0 Å². The summed E-state index contributed by atoms with van der Waals surface area (Å²) in [7, 11) is 1.56. The molecule has 3 heterocycles. The number of ether oxygens (including phenoxy) is 1. The van der Waals surface area contributed by atoms with Crippen molar-refractivity contribution in [3.63, 3.8) is 0 Å². The zero-order valence-corrected chi connectivity index (χ0v) is 11.6. The second kappa shape index (κ2) is 5.10. The van der Waals surface area contributed by atoms with Crippen LogP contribution in [0.25, 0.3) is 11.2 Å². The molecule has 8 heteroatoms. The maximum absolute atomic E-state index is 5.95. The first-order chi connectivity index (χ1) is 9.33. The largest absolute Gasteiger partial charge is 0.479 e. The summed E-state index contributed by atoms with van der Waals surface area (Å²) in [6.45, 7) is 0.594. The highest BCUT2D eigenvalue weighted by atomic mass is 35.5. The molecule has 3 aromatic rings. The lowest BCUT2D eigenvalue weighted by Crippen LogP contribution is -2.04. The first-order valence-electron chi connectivity index (χ1n) is 5.52. The summed E-state index contributed by atoms with van der Waals surface area (Å²) in [4.78, 5) is 17.0. The van der Waals surface area contributed by atoms with E-state index in [2.05, 4.69) is 19.9 Å². The Morgan fingerprint density at radius 2 is 2.26 bits per heavy atom. The standard InChI is InChI=1S/C11H10ClN5OS/c1-18-11-9-10(14-6-15-11)17(7(4-12)16-9)5-8-13-2-3-19-8/h2-3,6H,4-5H2,1H3. The number of methoxy groups -OCH3 is 1. The van der Waals surface area contributed by atoms with Crippen LogP contribution in [-0.4, -0.2) is 31.6 Å². The Kier molecular flexibility index (Phi) is 3.31. The molecule has 6 nitrogen and oxygen atoms in total. The number of aromatic nitrogens is 5. The number of alkyl halides is 1. The third-order valence-corrected chi connectivity index (χ3v) is 3.67. The third-order valence-electron chi connectivity index (χ3n) is 2.67.